The first kappa shape index (κ1) is 18.1. The van der Waals surface area contributed by atoms with Crippen molar-refractivity contribution >= 4 is 35.2 Å². The molecule has 0 aliphatic carbocycles. The molecule has 1 saturated heterocycles. The lowest BCUT2D eigenvalue weighted by atomic mass is 10.2. The quantitative estimate of drug-likeness (QED) is 0.792. The van der Waals surface area contributed by atoms with Crippen molar-refractivity contribution in [3.8, 4) is 0 Å². The van der Waals surface area contributed by atoms with Gasteiger partial charge in [-0.1, -0.05) is 30.3 Å². The molecule has 3 amide bonds. The van der Waals surface area contributed by atoms with Crippen molar-refractivity contribution in [3.63, 3.8) is 0 Å². The molecule has 0 spiro atoms. The van der Waals surface area contributed by atoms with Gasteiger partial charge >= 0.3 is 0 Å². The Morgan fingerprint density at radius 3 is 2.50 bits per heavy atom. The highest BCUT2D eigenvalue weighted by molar-refractivity contribution is 8.01. The van der Waals surface area contributed by atoms with Crippen LogP contribution < -0.4 is 10.2 Å². The van der Waals surface area contributed by atoms with Gasteiger partial charge in [-0.15, -0.1) is 11.8 Å². The Bertz CT molecular complexity index is 811. The third-order valence-corrected chi connectivity index (χ3v) is 5.14. The molecule has 0 radical (unpaired) electrons. The molecule has 2 aromatic carbocycles. The molecule has 0 aromatic heterocycles. The molecule has 1 aliphatic heterocycles. The highest BCUT2D eigenvalue weighted by Crippen LogP contribution is 2.29. The van der Waals surface area contributed by atoms with E-state index in [2.05, 4.69) is 5.32 Å². The van der Waals surface area contributed by atoms with E-state index in [0.29, 0.717) is 5.69 Å². The van der Waals surface area contributed by atoms with Gasteiger partial charge in [0.1, 0.15) is 5.82 Å². The first-order chi connectivity index (χ1) is 12.5. The molecule has 0 bridgehead atoms. The van der Waals surface area contributed by atoms with E-state index in [9.17, 15) is 18.8 Å². The van der Waals surface area contributed by atoms with Crippen molar-refractivity contribution in [3.05, 3.63) is 66.0 Å². The van der Waals surface area contributed by atoms with Gasteiger partial charge < -0.3 is 5.32 Å². The first-order valence-electron chi connectivity index (χ1n) is 8.09. The summed E-state index contributed by atoms with van der Waals surface area (Å²) >= 11 is 1.16. The summed E-state index contributed by atoms with van der Waals surface area (Å²) in [5.74, 6) is -1.04. The minimum Gasteiger partial charge on any atom is -0.351 e. The van der Waals surface area contributed by atoms with Crippen LogP contribution in [0, 0.1) is 5.82 Å². The van der Waals surface area contributed by atoms with Gasteiger partial charge in [0.05, 0.1) is 16.7 Å². The van der Waals surface area contributed by atoms with Crippen molar-refractivity contribution in [2.45, 2.75) is 18.2 Å². The van der Waals surface area contributed by atoms with Gasteiger partial charge in [-0.2, -0.15) is 0 Å². The maximum atomic E-state index is 12.8. The summed E-state index contributed by atoms with van der Waals surface area (Å²) in [5.41, 5.74) is 1.33. The number of thioether (sulfide) groups is 1. The molecule has 5 nitrogen and oxygen atoms in total. The number of hydrogen-bond acceptors (Lipinski definition) is 4. The Hall–Kier alpha value is -2.67. The topological polar surface area (TPSA) is 66.5 Å². The molecule has 1 aliphatic rings. The van der Waals surface area contributed by atoms with Crippen molar-refractivity contribution in [2.24, 2.45) is 0 Å². The average Bonchev–Trinajstić information content (AvgIpc) is 2.93. The summed E-state index contributed by atoms with van der Waals surface area (Å²) in [4.78, 5) is 37.7. The molecule has 7 heteroatoms. The van der Waals surface area contributed by atoms with E-state index < -0.39 is 5.25 Å². The standard InChI is InChI=1S/C19H17FN2O3S/c20-14-8-6-13(7-9-14)11-21-17(23)12-26-16-10-18(24)22(19(16)25)15-4-2-1-3-5-15/h1-9,16H,10-12H2,(H,21,23)/t16-/m0/s1. The number of rotatable bonds is 6. The fraction of sp³-hybridized carbons (Fsp3) is 0.211. The fourth-order valence-corrected chi connectivity index (χ4v) is 3.58. The average molecular weight is 372 g/mol. The summed E-state index contributed by atoms with van der Waals surface area (Å²) in [6.07, 6.45) is 0.0869. The van der Waals surface area contributed by atoms with Crippen LogP contribution >= 0.6 is 11.8 Å². The summed E-state index contributed by atoms with van der Waals surface area (Å²) in [6.45, 7) is 0.285. The Kier molecular flexibility index (Phi) is 5.68. The zero-order valence-corrected chi connectivity index (χ0v) is 14.7. The molecule has 2 aromatic rings. The van der Waals surface area contributed by atoms with E-state index in [1.54, 1.807) is 36.4 Å². The summed E-state index contributed by atoms with van der Waals surface area (Å²) in [7, 11) is 0. The van der Waals surface area contributed by atoms with Crippen LogP contribution in [0.3, 0.4) is 0 Å². The molecule has 1 atom stereocenters. The first-order valence-corrected chi connectivity index (χ1v) is 9.14. The molecular weight excluding hydrogens is 355 g/mol. The SMILES string of the molecule is O=C(CS[C@H]1CC(=O)N(c2ccccc2)C1=O)NCc1ccc(F)cc1. The molecule has 26 heavy (non-hydrogen) atoms. The summed E-state index contributed by atoms with van der Waals surface area (Å²) < 4.78 is 12.8. The Labute approximate surface area is 154 Å². The second-order valence-corrected chi connectivity index (χ2v) is 7.00. The van der Waals surface area contributed by atoms with Crippen molar-refractivity contribution in [1.29, 1.82) is 0 Å². The number of carbonyl (C=O) groups excluding carboxylic acids is 3. The maximum Gasteiger partial charge on any atom is 0.247 e. The highest BCUT2D eigenvalue weighted by atomic mass is 32.2. The van der Waals surface area contributed by atoms with Gasteiger partial charge in [-0.05, 0) is 29.8 Å². The molecule has 1 N–H and O–H groups in total. The van der Waals surface area contributed by atoms with Crippen LogP contribution in [0.1, 0.15) is 12.0 Å². The number of imide groups is 1. The Morgan fingerprint density at radius 2 is 1.81 bits per heavy atom. The molecule has 3 rings (SSSR count). The van der Waals surface area contributed by atoms with E-state index in [1.807, 2.05) is 6.07 Å². The van der Waals surface area contributed by atoms with Crippen LogP contribution in [0.5, 0.6) is 0 Å². The van der Waals surface area contributed by atoms with Gasteiger partial charge in [-0.25, -0.2) is 9.29 Å². The zero-order valence-electron chi connectivity index (χ0n) is 13.9. The molecular formula is C19H17FN2O3S. The Morgan fingerprint density at radius 1 is 1.12 bits per heavy atom. The third-order valence-electron chi connectivity index (χ3n) is 3.94. The number of halogens is 1. The smallest absolute Gasteiger partial charge is 0.247 e. The van der Waals surface area contributed by atoms with Gasteiger partial charge in [0.25, 0.3) is 0 Å². The zero-order chi connectivity index (χ0) is 18.5. The minimum atomic E-state index is -0.556. The predicted octanol–water partition coefficient (Wildman–Crippen LogP) is 2.51. The van der Waals surface area contributed by atoms with Gasteiger partial charge in [0, 0.05) is 13.0 Å². The van der Waals surface area contributed by atoms with Crippen LogP contribution in [0.15, 0.2) is 54.6 Å². The van der Waals surface area contributed by atoms with Crippen LogP contribution in [-0.4, -0.2) is 28.7 Å². The van der Waals surface area contributed by atoms with Gasteiger partial charge in [0.15, 0.2) is 0 Å². The lowest BCUT2D eigenvalue weighted by molar-refractivity contribution is -0.121. The van der Waals surface area contributed by atoms with Crippen LogP contribution in [0.25, 0.3) is 0 Å². The normalized spacial score (nSPS) is 16.8. The largest absolute Gasteiger partial charge is 0.351 e. The molecule has 0 unspecified atom stereocenters. The Balaban J connectivity index is 1.50. The van der Waals surface area contributed by atoms with Crippen molar-refractivity contribution < 1.29 is 18.8 Å². The maximum absolute atomic E-state index is 12.8. The number of anilines is 1. The second-order valence-electron chi connectivity index (χ2n) is 5.81. The van der Waals surface area contributed by atoms with E-state index in [4.69, 9.17) is 0 Å². The third kappa shape index (κ3) is 4.29. The lowest BCUT2D eigenvalue weighted by Gasteiger charge is -2.14. The van der Waals surface area contributed by atoms with E-state index in [1.165, 1.54) is 17.0 Å². The van der Waals surface area contributed by atoms with E-state index >= 15 is 0 Å². The van der Waals surface area contributed by atoms with E-state index in [0.717, 1.165) is 17.3 Å². The number of para-hydroxylation sites is 1. The number of carbonyl (C=O) groups is 3. The van der Waals surface area contributed by atoms with Gasteiger partial charge in [0.2, 0.25) is 17.7 Å². The second kappa shape index (κ2) is 8.14. The van der Waals surface area contributed by atoms with Crippen LogP contribution in [0.4, 0.5) is 10.1 Å². The number of benzene rings is 2. The molecule has 134 valence electrons. The molecule has 1 heterocycles. The van der Waals surface area contributed by atoms with Crippen molar-refractivity contribution in [2.75, 3.05) is 10.7 Å². The molecule has 1 fully saturated rings. The number of hydrogen-bond donors (Lipinski definition) is 1. The number of nitrogens with zero attached hydrogens (tertiary/aromatic N) is 1. The predicted molar refractivity (Wildman–Crippen MR) is 98.0 cm³/mol. The minimum absolute atomic E-state index is 0.0769. The van der Waals surface area contributed by atoms with Gasteiger partial charge in [-0.3, -0.25) is 14.4 Å². The highest BCUT2D eigenvalue weighted by Gasteiger charge is 2.39. The summed E-state index contributed by atoms with van der Waals surface area (Å²) in [6, 6.07) is 14.6. The van der Waals surface area contributed by atoms with E-state index in [-0.39, 0.29) is 42.3 Å². The van der Waals surface area contributed by atoms with Crippen LogP contribution in [-0.2, 0) is 20.9 Å². The monoisotopic (exact) mass is 372 g/mol. The number of nitrogens with one attached hydrogen (secondary N) is 1. The fourth-order valence-electron chi connectivity index (χ4n) is 2.61. The lowest BCUT2D eigenvalue weighted by Crippen LogP contribution is -2.32. The van der Waals surface area contributed by atoms with Crippen molar-refractivity contribution in [1.82, 2.24) is 5.32 Å². The van der Waals surface area contributed by atoms with Crippen LogP contribution in [0.2, 0.25) is 0 Å². The summed E-state index contributed by atoms with van der Waals surface area (Å²) in [5, 5.41) is 2.16. The number of amides is 3. The molecule has 0 saturated carbocycles.